The molecule has 0 aliphatic heterocycles. The molecule has 0 amide bonds. The van der Waals surface area contributed by atoms with E-state index < -0.39 is 0 Å². The summed E-state index contributed by atoms with van der Waals surface area (Å²) in [6.45, 7) is 2.04. The van der Waals surface area contributed by atoms with Crippen molar-refractivity contribution in [2.75, 3.05) is 0 Å². The van der Waals surface area contributed by atoms with Crippen LogP contribution in [0.5, 0.6) is 5.75 Å². The molecule has 0 saturated heterocycles. The van der Waals surface area contributed by atoms with Crippen LogP contribution in [0.15, 0.2) is 18.2 Å². The molecular weight excluding hydrogens is 241 g/mol. The quantitative estimate of drug-likeness (QED) is 0.878. The Morgan fingerprint density at radius 2 is 2.05 bits per heavy atom. The van der Waals surface area contributed by atoms with Crippen molar-refractivity contribution in [2.24, 2.45) is 5.73 Å². The average molecular weight is 265 g/mol. The predicted octanol–water partition coefficient (Wildman–Crippen LogP) is 3.82. The van der Waals surface area contributed by atoms with Crippen molar-refractivity contribution in [3.8, 4) is 5.75 Å². The molecule has 0 bridgehead atoms. The predicted molar refractivity (Wildman–Crippen MR) is 75.9 cm³/mol. The molecule has 1 aliphatic rings. The van der Waals surface area contributed by atoms with Crippen LogP contribution in [-0.2, 0) is 6.42 Å². The van der Waals surface area contributed by atoms with E-state index in [2.05, 4.69) is 0 Å². The highest BCUT2D eigenvalue weighted by molar-refractivity contribution is 5.30. The van der Waals surface area contributed by atoms with Crippen LogP contribution in [0.1, 0.15) is 51.0 Å². The van der Waals surface area contributed by atoms with Gasteiger partial charge in [-0.15, -0.1) is 0 Å². The first-order chi connectivity index (χ1) is 9.19. The third-order valence-corrected chi connectivity index (χ3v) is 3.86. The van der Waals surface area contributed by atoms with Crippen molar-refractivity contribution in [3.05, 3.63) is 29.6 Å². The standard InChI is InChI=1S/C16H24FNO/c1-2-13(18)10-12-8-9-16(15(17)11-12)19-14-6-4-3-5-7-14/h8-9,11,13-14H,2-7,10,18H2,1H3. The summed E-state index contributed by atoms with van der Waals surface area (Å²) in [5, 5.41) is 0. The summed E-state index contributed by atoms with van der Waals surface area (Å²) in [6.07, 6.45) is 7.55. The fraction of sp³-hybridized carbons (Fsp3) is 0.625. The molecular formula is C16H24FNO. The van der Waals surface area contributed by atoms with Crippen molar-refractivity contribution in [1.29, 1.82) is 0 Å². The largest absolute Gasteiger partial charge is 0.487 e. The van der Waals surface area contributed by atoms with Gasteiger partial charge in [0.2, 0.25) is 0 Å². The number of benzene rings is 1. The minimum atomic E-state index is -0.258. The third kappa shape index (κ3) is 4.20. The van der Waals surface area contributed by atoms with Crippen LogP contribution >= 0.6 is 0 Å². The van der Waals surface area contributed by atoms with Gasteiger partial charge in [-0.3, -0.25) is 0 Å². The van der Waals surface area contributed by atoms with E-state index in [9.17, 15) is 4.39 Å². The van der Waals surface area contributed by atoms with E-state index in [-0.39, 0.29) is 18.0 Å². The van der Waals surface area contributed by atoms with Crippen LogP contribution in [0.25, 0.3) is 0 Å². The van der Waals surface area contributed by atoms with Gasteiger partial charge in [0.1, 0.15) is 0 Å². The highest BCUT2D eigenvalue weighted by Crippen LogP contribution is 2.26. The van der Waals surface area contributed by atoms with E-state index >= 15 is 0 Å². The maximum Gasteiger partial charge on any atom is 0.165 e. The Morgan fingerprint density at radius 1 is 1.32 bits per heavy atom. The van der Waals surface area contributed by atoms with Crippen LogP contribution in [0.4, 0.5) is 4.39 Å². The molecule has 0 spiro atoms. The SMILES string of the molecule is CCC(N)Cc1ccc(OC2CCCCC2)c(F)c1. The normalized spacial score (nSPS) is 18.3. The topological polar surface area (TPSA) is 35.2 Å². The number of rotatable bonds is 5. The van der Waals surface area contributed by atoms with E-state index in [1.165, 1.54) is 19.3 Å². The lowest BCUT2D eigenvalue weighted by Crippen LogP contribution is -2.22. The van der Waals surface area contributed by atoms with E-state index in [0.29, 0.717) is 5.75 Å². The minimum absolute atomic E-state index is 0.101. The van der Waals surface area contributed by atoms with Gasteiger partial charge in [0, 0.05) is 6.04 Å². The Bertz CT molecular complexity index is 402. The molecule has 2 N–H and O–H groups in total. The third-order valence-electron chi connectivity index (χ3n) is 3.86. The second-order valence-corrected chi connectivity index (χ2v) is 5.52. The molecule has 1 aromatic carbocycles. The van der Waals surface area contributed by atoms with Crippen molar-refractivity contribution in [3.63, 3.8) is 0 Å². The summed E-state index contributed by atoms with van der Waals surface area (Å²) >= 11 is 0. The average Bonchev–Trinajstić information content (AvgIpc) is 2.43. The summed E-state index contributed by atoms with van der Waals surface area (Å²) in [5.74, 6) is 0.132. The highest BCUT2D eigenvalue weighted by Gasteiger charge is 2.17. The number of ether oxygens (including phenoxy) is 1. The summed E-state index contributed by atoms with van der Waals surface area (Å²) < 4.78 is 19.8. The number of nitrogens with two attached hydrogens (primary N) is 1. The Labute approximate surface area is 115 Å². The lowest BCUT2D eigenvalue weighted by atomic mass is 9.98. The smallest absolute Gasteiger partial charge is 0.165 e. The van der Waals surface area contributed by atoms with Crippen LogP contribution < -0.4 is 10.5 Å². The molecule has 1 saturated carbocycles. The maximum atomic E-state index is 14.0. The first-order valence-electron chi connectivity index (χ1n) is 7.39. The van der Waals surface area contributed by atoms with E-state index in [1.54, 1.807) is 12.1 Å². The molecule has 1 fully saturated rings. The molecule has 1 atom stereocenters. The molecule has 0 radical (unpaired) electrons. The van der Waals surface area contributed by atoms with Crippen LogP contribution in [-0.4, -0.2) is 12.1 Å². The molecule has 3 heteroatoms. The van der Waals surface area contributed by atoms with E-state index in [1.807, 2.05) is 13.0 Å². The first kappa shape index (κ1) is 14.3. The summed E-state index contributed by atoms with van der Waals surface area (Å²) in [5.41, 5.74) is 6.84. The Morgan fingerprint density at radius 3 is 2.68 bits per heavy atom. The van der Waals surface area contributed by atoms with Crippen LogP contribution in [0, 0.1) is 5.82 Å². The molecule has 1 aromatic rings. The highest BCUT2D eigenvalue weighted by atomic mass is 19.1. The number of hydrogen-bond acceptors (Lipinski definition) is 2. The van der Waals surface area contributed by atoms with Gasteiger partial charge >= 0.3 is 0 Å². The van der Waals surface area contributed by atoms with Crippen molar-refractivity contribution in [2.45, 2.75) is 64.0 Å². The van der Waals surface area contributed by atoms with Gasteiger partial charge in [0.05, 0.1) is 6.10 Å². The zero-order chi connectivity index (χ0) is 13.7. The van der Waals surface area contributed by atoms with Crippen molar-refractivity contribution < 1.29 is 9.13 Å². The molecule has 1 unspecified atom stereocenters. The maximum absolute atomic E-state index is 14.0. The van der Waals surface area contributed by atoms with Crippen molar-refractivity contribution >= 4 is 0 Å². The molecule has 2 nitrogen and oxygen atoms in total. The number of halogens is 1. The minimum Gasteiger partial charge on any atom is -0.487 e. The fourth-order valence-electron chi connectivity index (χ4n) is 2.58. The van der Waals surface area contributed by atoms with Gasteiger partial charge in [-0.1, -0.05) is 19.4 Å². The van der Waals surface area contributed by atoms with Gasteiger partial charge in [-0.25, -0.2) is 4.39 Å². The monoisotopic (exact) mass is 265 g/mol. The fourth-order valence-corrected chi connectivity index (χ4v) is 2.58. The summed E-state index contributed by atoms with van der Waals surface area (Å²) in [7, 11) is 0. The lowest BCUT2D eigenvalue weighted by Gasteiger charge is -2.23. The Balaban J connectivity index is 1.98. The van der Waals surface area contributed by atoms with Crippen molar-refractivity contribution in [1.82, 2.24) is 0 Å². The van der Waals surface area contributed by atoms with Crippen LogP contribution in [0.3, 0.4) is 0 Å². The molecule has 1 aliphatic carbocycles. The van der Waals surface area contributed by atoms with Gasteiger partial charge in [-0.2, -0.15) is 0 Å². The summed E-state index contributed by atoms with van der Waals surface area (Å²) in [4.78, 5) is 0. The second-order valence-electron chi connectivity index (χ2n) is 5.52. The second kappa shape index (κ2) is 6.90. The molecule has 0 aromatic heterocycles. The Hall–Kier alpha value is -1.09. The van der Waals surface area contributed by atoms with E-state index in [4.69, 9.17) is 10.5 Å². The van der Waals surface area contributed by atoms with Gasteiger partial charge in [0.25, 0.3) is 0 Å². The van der Waals surface area contributed by atoms with Gasteiger partial charge in [-0.05, 0) is 56.2 Å². The lowest BCUT2D eigenvalue weighted by molar-refractivity contribution is 0.148. The first-order valence-corrected chi connectivity index (χ1v) is 7.39. The number of hydrogen-bond donors (Lipinski definition) is 1. The molecule has 19 heavy (non-hydrogen) atoms. The Kier molecular flexibility index (Phi) is 5.20. The molecule has 0 heterocycles. The molecule has 106 valence electrons. The zero-order valence-electron chi connectivity index (χ0n) is 11.7. The van der Waals surface area contributed by atoms with Gasteiger partial charge < -0.3 is 10.5 Å². The van der Waals surface area contributed by atoms with E-state index in [0.717, 1.165) is 31.2 Å². The van der Waals surface area contributed by atoms with Gasteiger partial charge in [0.15, 0.2) is 11.6 Å². The zero-order valence-corrected chi connectivity index (χ0v) is 11.7. The molecule has 2 rings (SSSR count). The summed E-state index contributed by atoms with van der Waals surface area (Å²) in [6, 6.07) is 5.34. The van der Waals surface area contributed by atoms with Crippen LogP contribution in [0.2, 0.25) is 0 Å².